The Labute approximate surface area is 163 Å². The highest BCUT2D eigenvalue weighted by Crippen LogP contribution is 2.29. The number of nitrogens with zero attached hydrogens (tertiary/aromatic N) is 1. The van der Waals surface area contributed by atoms with Gasteiger partial charge in [0.15, 0.2) is 0 Å². The van der Waals surface area contributed by atoms with Crippen LogP contribution in [0.2, 0.25) is 0 Å². The highest BCUT2D eigenvalue weighted by atomic mass is 16.5. The van der Waals surface area contributed by atoms with Crippen LogP contribution in [0.25, 0.3) is 0 Å². The van der Waals surface area contributed by atoms with Crippen LogP contribution in [0.1, 0.15) is 32.8 Å². The minimum Gasteiger partial charge on any atom is -0.497 e. The molecule has 9 heteroatoms. The van der Waals surface area contributed by atoms with Crippen LogP contribution in [0.3, 0.4) is 0 Å². The van der Waals surface area contributed by atoms with E-state index in [0.29, 0.717) is 17.9 Å². The van der Waals surface area contributed by atoms with Gasteiger partial charge in [0.25, 0.3) is 5.91 Å². The van der Waals surface area contributed by atoms with E-state index in [2.05, 4.69) is 16.0 Å². The van der Waals surface area contributed by atoms with Gasteiger partial charge in [-0.3, -0.25) is 19.3 Å². The Balaban J connectivity index is 2.04. The summed E-state index contributed by atoms with van der Waals surface area (Å²) >= 11 is 0. The predicted octanol–water partition coefficient (Wildman–Crippen LogP) is 0.493. The molecule has 152 valence electrons. The molecule has 1 aliphatic rings. The molecule has 1 aromatic rings. The predicted molar refractivity (Wildman–Crippen MR) is 101 cm³/mol. The smallest absolute Gasteiger partial charge is 0.325 e. The number of carbonyl (C=O) groups is 4. The fraction of sp³-hybridized carbons (Fsp3) is 0.474. The number of amides is 5. The maximum atomic E-state index is 12.8. The van der Waals surface area contributed by atoms with Crippen LogP contribution in [0.15, 0.2) is 24.3 Å². The minimum absolute atomic E-state index is 0.324. The van der Waals surface area contributed by atoms with Gasteiger partial charge in [0, 0.05) is 6.54 Å². The van der Waals surface area contributed by atoms with Gasteiger partial charge in [0.2, 0.25) is 11.8 Å². The summed E-state index contributed by atoms with van der Waals surface area (Å²) in [4.78, 5) is 50.1. The maximum absolute atomic E-state index is 12.8. The van der Waals surface area contributed by atoms with E-state index >= 15 is 0 Å². The summed E-state index contributed by atoms with van der Waals surface area (Å²) in [7, 11) is 1.53. The van der Waals surface area contributed by atoms with Gasteiger partial charge >= 0.3 is 6.03 Å². The molecule has 0 aliphatic carbocycles. The molecule has 2 atom stereocenters. The van der Waals surface area contributed by atoms with Crippen LogP contribution in [0.4, 0.5) is 4.79 Å². The van der Waals surface area contributed by atoms with Crippen LogP contribution < -0.4 is 20.7 Å². The highest BCUT2D eigenvalue weighted by molar-refractivity contribution is 6.09. The monoisotopic (exact) mass is 390 g/mol. The molecule has 3 N–H and O–H groups in total. The zero-order chi connectivity index (χ0) is 20.9. The van der Waals surface area contributed by atoms with Crippen molar-refractivity contribution in [2.24, 2.45) is 0 Å². The molecule has 1 saturated heterocycles. The molecule has 1 fully saturated rings. The molecule has 5 amide bonds. The number of imide groups is 1. The molecular formula is C19H26N4O5. The van der Waals surface area contributed by atoms with E-state index in [1.165, 1.54) is 14.0 Å². The number of nitrogens with one attached hydrogen (secondary N) is 3. The summed E-state index contributed by atoms with van der Waals surface area (Å²) in [5.41, 5.74) is -0.713. The van der Waals surface area contributed by atoms with E-state index in [0.717, 1.165) is 11.3 Å². The van der Waals surface area contributed by atoms with Crippen LogP contribution >= 0.6 is 0 Å². The molecule has 1 aromatic carbocycles. The van der Waals surface area contributed by atoms with E-state index in [-0.39, 0.29) is 5.91 Å². The molecule has 1 heterocycles. The lowest BCUT2D eigenvalue weighted by atomic mass is 9.92. The van der Waals surface area contributed by atoms with Crippen molar-refractivity contribution in [3.63, 3.8) is 0 Å². The normalized spacial score (nSPS) is 19.8. The van der Waals surface area contributed by atoms with Crippen molar-refractivity contribution in [1.29, 1.82) is 0 Å². The fourth-order valence-electron chi connectivity index (χ4n) is 2.86. The van der Waals surface area contributed by atoms with Crippen molar-refractivity contribution < 1.29 is 23.9 Å². The molecule has 0 saturated carbocycles. The molecule has 2 rings (SSSR count). The van der Waals surface area contributed by atoms with Gasteiger partial charge < -0.3 is 20.7 Å². The van der Waals surface area contributed by atoms with Gasteiger partial charge in [0.1, 0.15) is 23.9 Å². The first-order valence-corrected chi connectivity index (χ1v) is 9.08. The quantitative estimate of drug-likeness (QED) is 0.559. The third-order valence-electron chi connectivity index (χ3n) is 4.56. The van der Waals surface area contributed by atoms with Crippen LogP contribution in [-0.2, 0) is 19.9 Å². The number of urea groups is 1. The van der Waals surface area contributed by atoms with Crippen LogP contribution in [0.5, 0.6) is 5.75 Å². The van der Waals surface area contributed by atoms with Gasteiger partial charge in [0.05, 0.1) is 7.11 Å². The fourth-order valence-corrected chi connectivity index (χ4v) is 2.86. The summed E-state index contributed by atoms with van der Waals surface area (Å²) in [5.74, 6) is -0.839. The summed E-state index contributed by atoms with van der Waals surface area (Å²) in [5, 5.41) is 7.80. The Kier molecular flexibility index (Phi) is 6.61. The first-order chi connectivity index (χ1) is 13.2. The lowest BCUT2D eigenvalue weighted by molar-refractivity contribution is -0.135. The summed E-state index contributed by atoms with van der Waals surface area (Å²) in [6, 6.07) is 5.30. The van der Waals surface area contributed by atoms with E-state index in [4.69, 9.17) is 4.74 Å². The van der Waals surface area contributed by atoms with Crippen molar-refractivity contribution >= 4 is 23.8 Å². The number of methoxy groups -OCH3 is 1. The maximum Gasteiger partial charge on any atom is 0.325 e. The van der Waals surface area contributed by atoms with Crippen molar-refractivity contribution in [3.8, 4) is 5.75 Å². The van der Waals surface area contributed by atoms with E-state index in [1.807, 2.05) is 6.92 Å². The van der Waals surface area contributed by atoms with E-state index in [9.17, 15) is 19.2 Å². The van der Waals surface area contributed by atoms with Crippen molar-refractivity contribution in [3.05, 3.63) is 29.8 Å². The SMILES string of the molecule is CCCNC(=O)[C@H](C)NC(=O)CN1C(=O)N[C@](C)(c2ccc(OC)cc2)C1=O. The van der Waals surface area contributed by atoms with Gasteiger partial charge in [-0.05, 0) is 38.0 Å². The summed E-state index contributed by atoms with van der Waals surface area (Å²) in [6.07, 6.45) is 0.777. The molecular weight excluding hydrogens is 364 g/mol. The Morgan fingerprint density at radius 3 is 2.46 bits per heavy atom. The second-order valence-electron chi connectivity index (χ2n) is 6.76. The number of benzene rings is 1. The molecule has 0 radical (unpaired) electrons. The number of rotatable bonds is 8. The first kappa shape index (κ1) is 21.2. The number of hydrogen-bond donors (Lipinski definition) is 3. The van der Waals surface area contributed by atoms with E-state index in [1.54, 1.807) is 31.2 Å². The number of ether oxygens (including phenoxy) is 1. The summed E-state index contributed by atoms with van der Waals surface area (Å²) < 4.78 is 5.10. The van der Waals surface area contributed by atoms with Gasteiger partial charge in [-0.2, -0.15) is 0 Å². The average Bonchev–Trinajstić information content (AvgIpc) is 2.90. The Hall–Kier alpha value is -3.10. The second-order valence-corrected chi connectivity index (χ2v) is 6.76. The first-order valence-electron chi connectivity index (χ1n) is 9.08. The molecule has 1 aliphatic heterocycles. The topological polar surface area (TPSA) is 117 Å². The second kappa shape index (κ2) is 8.73. The van der Waals surface area contributed by atoms with Gasteiger partial charge in [-0.25, -0.2) is 4.79 Å². The molecule has 28 heavy (non-hydrogen) atoms. The molecule has 0 unspecified atom stereocenters. The summed E-state index contributed by atoms with van der Waals surface area (Å²) in [6.45, 7) is 5.07. The minimum atomic E-state index is -1.28. The third-order valence-corrected chi connectivity index (χ3v) is 4.56. The standard InChI is InChI=1S/C19H26N4O5/c1-5-10-20-16(25)12(2)21-15(24)11-23-17(26)19(3,22-18(23)27)13-6-8-14(28-4)9-7-13/h6-9,12H,5,10-11H2,1-4H3,(H,20,25)(H,21,24)(H,22,27)/t12-,19+/m0/s1. The largest absolute Gasteiger partial charge is 0.497 e. The van der Waals surface area contributed by atoms with Crippen LogP contribution in [0, 0.1) is 0 Å². The Bertz CT molecular complexity index is 764. The molecule has 0 bridgehead atoms. The third kappa shape index (κ3) is 4.41. The van der Waals surface area contributed by atoms with Crippen LogP contribution in [-0.4, -0.2) is 54.9 Å². The van der Waals surface area contributed by atoms with Gasteiger partial charge in [-0.1, -0.05) is 19.1 Å². The molecule has 0 aromatic heterocycles. The van der Waals surface area contributed by atoms with E-state index < -0.39 is 36.0 Å². The zero-order valence-electron chi connectivity index (χ0n) is 16.5. The average molecular weight is 390 g/mol. The Morgan fingerprint density at radius 2 is 1.89 bits per heavy atom. The number of carbonyl (C=O) groups excluding carboxylic acids is 4. The lowest BCUT2D eigenvalue weighted by Gasteiger charge is -2.22. The zero-order valence-corrected chi connectivity index (χ0v) is 16.5. The van der Waals surface area contributed by atoms with Gasteiger partial charge in [-0.15, -0.1) is 0 Å². The van der Waals surface area contributed by atoms with Crippen molar-refractivity contribution in [2.75, 3.05) is 20.2 Å². The van der Waals surface area contributed by atoms with Crippen molar-refractivity contribution in [2.45, 2.75) is 38.8 Å². The highest BCUT2D eigenvalue weighted by Gasteiger charge is 2.49. The molecule has 9 nitrogen and oxygen atoms in total. The van der Waals surface area contributed by atoms with Crippen molar-refractivity contribution in [1.82, 2.24) is 20.9 Å². The lowest BCUT2D eigenvalue weighted by Crippen LogP contribution is -2.49. The Morgan fingerprint density at radius 1 is 1.25 bits per heavy atom. The molecule has 0 spiro atoms. The number of hydrogen-bond acceptors (Lipinski definition) is 5.